The van der Waals surface area contributed by atoms with Crippen LogP contribution in [0.5, 0.6) is 5.75 Å². The Bertz CT molecular complexity index is 887. The summed E-state index contributed by atoms with van der Waals surface area (Å²) >= 11 is 0. The predicted octanol–water partition coefficient (Wildman–Crippen LogP) is 2.71. The number of carbonyl (C=O) groups excluding carboxylic acids is 1. The summed E-state index contributed by atoms with van der Waals surface area (Å²) in [5, 5.41) is 12.3. The van der Waals surface area contributed by atoms with Gasteiger partial charge >= 0.3 is 0 Å². The molecule has 0 bridgehead atoms. The number of aromatic nitrogens is 4. The lowest BCUT2D eigenvalue weighted by molar-refractivity contribution is -0.131. The Morgan fingerprint density at radius 2 is 1.81 bits per heavy atom. The van der Waals surface area contributed by atoms with Crippen molar-refractivity contribution in [3.8, 4) is 17.1 Å². The monoisotopic (exact) mass is 365 g/mol. The Labute approximate surface area is 158 Å². The van der Waals surface area contributed by atoms with Gasteiger partial charge in [0.2, 0.25) is 11.7 Å². The minimum absolute atomic E-state index is 0.0480. The first-order valence-corrected chi connectivity index (χ1v) is 8.85. The second kappa shape index (κ2) is 8.44. The minimum Gasteiger partial charge on any atom is -0.494 e. The number of tetrazole rings is 1. The highest BCUT2D eigenvalue weighted by molar-refractivity contribution is 5.75. The molecule has 1 amide bonds. The van der Waals surface area contributed by atoms with E-state index in [1.54, 1.807) is 11.9 Å². The maximum absolute atomic E-state index is 12.4. The quantitative estimate of drug-likeness (QED) is 0.644. The van der Waals surface area contributed by atoms with Gasteiger partial charge in [0, 0.05) is 19.2 Å². The van der Waals surface area contributed by atoms with Crippen LogP contribution in [0.2, 0.25) is 0 Å². The molecule has 0 N–H and O–H groups in total. The van der Waals surface area contributed by atoms with Crippen LogP contribution in [-0.4, -0.2) is 44.7 Å². The van der Waals surface area contributed by atoms with Crippen LogP contribution in [0.15, 0.2) is 48.5 Å². The molecule has 27 heavy (non-hydrogen) atoms. The molecule has 0 aliphatic carbocycles. The van der Waals surface area contributed by atoms with Crippen molar-refractivity contribution in [1.29, 1.82) is 0 Å². The van der Waals surface area contributed by atoms with E-state index < -0.39 is 0 Å². The molecule has 0 aliphatic heterocycles. The Balaban J connectivity index is 1.58. The fourth-order valence-corrected chi connectivity index (χ4v) is 2.59. The normalized spacial score (nSPS) is 10.6. The van der Waals surface area contributed by atoms with E-state index in [-0.39, 0.29) is 12.5 Å². The number of carbonyl (C=O) groups is 1. The van der Waals surface area contributed by atoms with E-state index in [4.69, 9.17) is 4.74 Å². The Morgan fingerprint density at radius 3 is 2.48 bits per heavy atom. The largest absolute Gasteiger partial charge is 0.494 e. The van der Waals surface area contributed by atoms with Crippen molar-refractivity contribution in [2.45, 2.75) is 26.9 Å². The molecule has 140 valence electrons. The van der Waals surface area contributed by atoms with Crippen LogP contribution in [0.3, 0.4) is 0 Å². The first-order chi connectivity index (χ1) is 13.0. The van der Waals surface area contributed by atoms with E-state index >= 15 is 0 Å². The third-order valence-electron chi connectivity index (χ3n) is 4.12. The van der Waals surface area contributed by atoms with Crippen molar-refractivity contribution in [3.63, 3.8) is 0 Å². The van der Waals surface area contributed by atoms with Crippen molar-refractivity contribution in [3.05, 3.63) is 59.7 Å². The summed E-state index contributed by atoms with van der Waals surface area (Å²) in [4.78, 5) is 15.4. The molecule has 2 aromatic carbocycles. The molecule has 1 heterocycles. The number of rotatable bonds is 7. The average Bonchev–Trinajstić information content (AvgIpc) is 3.12. The molecule has 3 rings (SSSR count). The zero-order valence-electron chi connectivity index (χ0n) is 15.8. The van der Waals surface area contributed by atoms with Crippen molar-refractivity contribution in [2.75, 3.05) is 13.7 Å². The SMILES string of the molecule is CCOc1ccc(CN(C)C(=O)Cn2nnc(-c3ccc(C)cc3)n2)cc1. The molecule has 3 aromatic rings. The molecule has 0 radical (unpaired) electrons. The molecule has 0 spiro atoms. The third-order valence-corrected chi connectivity index (χ3v) is 4.12. The van der Waals surface area contributed by atoms with Crippen molar-refractivity contribution in [2.24, 2.45) is 0 Å². The van der Waals surface area contributed by atoms with Gasteiger partial charge in [-0.2, -0.15) is 4.80 Å². The number of hydrogen-bond donors (Lipinski definition) is 0. The Morgan fingerprint density at radius 1 is 1.11 bits per heavy atom. The first-order valence-electron chi connectivity index (χ1n) is 8.85. The molecule has 0 fully saturated rings. The second-order valence-corrected chi connectivity index (χ2v) is 6.34. The average molecular weight is 365 g/mol. The van der Waals surface area contributed by atoms with Crippen molar-refractivity contribution < 1.29 is 9.53 Å². The Kier molecular flexibility index (Phi) is 5.80. The predicted molar refractivity (Wildman–Crippen MR) is 102 cm³/mol. The smallest absolute Gasteiger partial charge is 0.246 e. The van der Waals surface area contributed by atoms with Crippen LogP contribution in [0.1, 0.15) is 18.1 Å². The van der Waals surface area contributed by atoms with E-state index in [0.29, 0.717) is 19.0 Å². The van der Waals surface area contributed by atoms with Crippen LogP contribution >= 0.6 is 0 Å². The van der Waals surface area contributed by atoms with Gasteiger partial charge in [0.05, 0.1) is 6.61 Å². The topological polar surface area (TPSA) is 73.1 Å². The third kappa shape index (κ3) is 4.91. The highest BCUT2D eigenvalue weighted by Crippen LogP contribution is 2.15. The van der Waals surface area contributed by atoms with E-state index in [9.17, 15) is 4.79 Å². The Hall–Kier alpha value is -3.22. The molecule has 0 saturated heterocycles. The summed E-state index contributed by atoms with van der Waals surface area (Å²) < 4.78 is 5.43. The summed E-state index contributed by atoms with van der Waals surface area (Å²) in [6.45, 7) is 5.15. The molecule has 0 saturated carbocycles. The summed E-state index contributed by atoms with van der Waals surface area (Å²) in [6.07, 6.45) is 0. The summed E-state index contributed by atoms with van der Waals surface area (Å²) in [5.74, 6) is 1.25. The molecule has 0 aliphatic rings. The van der Waals surface area contributed by atoms with Crippen LogP contribution in [0, 0.1) is 6.92 Å². The molecule has 0 atom stereocenters. The van der Waals surface area contributed by atoms with Crippen LogP contribution in [0.25, 0.3) is 11.4 Å². The maximum atomic E-state index is 12.4. The lowest BCUT2D eigenvalue weighted by Crippen LogP contribution is -2.30. The molecule has 1 aromatic heterocycles. The van der Waals surface area contributed by atoms with Crippen molar-refractivity contribution in [1.82, 2.24) is 25.1 Å². The molecule has 0 unspecified atom stereocenters. The van der Waals surface area contributed by atoms with Gasteiger partial charge in [-0.15, -0.1) is 10.2 Å². The highest BCUT2D eigenvalue weighted by Gasteiger charge is 2.13. The number of amides is 1. The summed E-state index contributed by atoms with van der Waals surface area (Å²) in [5.41, 5.74) is 3.07. The lowest BCUT2D eigenvalue weighted by atomic mass is 10.1. The number of aryl methyl sites for hydroxylation is 1. The van der Waals surface area contributed by atoms with E-state index in [1.807, 2.05) is 62.4 Å². The fourth-order valence-electron chi connectivity index (χ4n) is 2.59. The van der Waals surface area contributed by atoms with Gasteiger partial charge in [-0.3, -0.25) is 4.79 Å². The van der Waals surface area contributed by atoms with Gasteiger partial charge < -0.3 is 9.64 Å². The van der Waals surface area contributed by atoms with Gasteiger partial charge in [0.1, 0.15) is 12.3 Å². The number of ether oxygens (including phenoxy) is 1. The zero-order valence-corrected chi connectivity index (χ0v) is 15.8. The molecular weight excluding hydrogens is 342 g/mol. The molecule has 7 heteroatoms. The fraction of sp³-hybridized carbons (Fsp3) is 0.300. The van der Waals surface area contributed by atoms with Crippen LogP contribution in [-0.2, 0) is 17.9 Å². The van der Waals surface area contributed by atoms with Crippen LogP contribution < -0.4 is 4.74 Å². The van der Waals surface area contributed by atoms with Gasteiger partial charge in [-0.1, -0.05) is 42.0 Å². The van der Waals surface area contributed by atoms with Crippen LogP contribution in [0.4, 0.5) is 0 Å². The van der Waals surface area contributed by atoms with Gasteiger partial charge in [-0.25, -0.2) is 0 Å². The van der Waals surface area contributed by atoms with Gasteiger partial charge in [0.15, 0.2) is 0 Å². The number of nitrogens with zero attached hydrogens (tertiary/aromatic N) is 5. The second-order valence-electron chi connectivity index (χ2n) is 6.34. The van der Waals surface area contributed by atoms with E-state index in [1.165, 1.54) is 4.80 Å². The summed E-state index contributed by atoms with van der Waals surface area (Å²) in [6, 6.07) is 15.6. The number of hydrogen-bond acceptors (Lipinski definition) is 5. The number of benzene rings is 2. The van der Waals surface area contributed by atoms with E-state index in [0.717, 1.165) is 22.4 Å². The van der Waals surface area contributed by atoms with E-state index in [2.05, 4.69) is 15.4 Å². The maximum Gasteiger partial charge on any atom is 0.246 e. The highest BCUT2D eigenvalue weighted by atomic mass is 16.5. The lowest BCUT2D eigenvalue weighted by Gasteiger charge is -2.17. The zero-order chi connectivity index (χ0) is 19.2. The van der Waals surface area contributed by atoms with Gasteiger partial charge in [-0.05, 0) is 36.8 Å². The minimum atomic E-state index is -0.0864. The summed E-state index contributed by atoms with van der Waals surface area (Å²) in [7, 11) is 1.76. The van der Waals surface area contributed by atoms with Gasteiger partial charge in [0.25, 0.3) is 0 Å². The molecule has 7 nitrogen and oxygen atoms in total. The van der Waals surface area contributed by atoms with Crippen molar-refractivity contribution >= 4 is 5.91 Å². The standard InChI is InChI=1S/C20H23N5O2/c1-4-27-18-11-7-16(8-12-18)13-24(3)19(26)14-25-22-20(21-23-25)17-9-5-15(2)6-10-17/h5-12H,4,13-14H2,1-3H3. The molecular formula is C20H23N5O2. The first kappa shape index (κ1) is 18.6. The number of likely N-dealkylation sites (N-methyl/N-ethyl adjacent to an activating group) is 1.